The molecule has 1 heterocycles. The molecule has 1 saturated carbocycles. The highest BCUT2D eigenvalue weighted by Crippen LogP contribution is 2.32. The van der Waals surface area contributed by atoms with Gasteiger partial charge in [0.1, 0.15) is 5.82 Å². The Balaban J connectivity index is 1.61. The number of benzene rings is 1. The number of amides is 2. The third-order valence-corrected chi connectivity index (χ3v) is 4.88. The minimum absolute atomic E-state index is 0.0717. The highest BCUT2D eigenvalue weighted by molar-refractivity contribution is 6.03. The van der Waals surface area contributed by atoms with Crippen LogP contribution in [0.1, 0.15) is 43.0 Å². The van der Waals surface area contributed by atoms with Gasteiger partial charge in [-0.15, -0.1) is 0 Å². The van der Waals surface area contributed by atoms with E-state index in [0.717, 1.165) is 25.7 Å². The number of hydrogen-bond acceptors (Lipinski definition) is 4. The Bertz CT molecular complexity index is 772. The number of nitrogens with zero attached hydrogens (tertiary/aromatic N) is 1. The molecule has 26 heavy (non-hydrogen) atoms. The van der Waals surface area contributed by atoms with Gasteiger partial charge < -0.3 is 16.4 Å². The molecule has 2 amide bonds. The maximum atomic E-state index is 12.5. The van der Waals surface area contributed by atoms with E-state index in [1.165, 1.54) is 6.20 Å². The number of anilines is 2. The van der Waals surface area contributed by atoms with E-state index in [0.29, 0.717) is 17.1 Å². The number of pyridine rings is 1. The van der Waals surface area contributed by atoms with Crippen molar-refractivity contribution in [1.29, 1.82) is 0 Å². The number of nitrogens with two attached hydrogens (primary N) is 1. The molecule has 2 atom stereocenters. The molecule has 136 valence electrons. The SMILES string of the molecule is CC1(N)CCCCC1C(=O)Nc1ccc(NC(=O)c2ccccc2)nc1. The fourth-order valence-electron chi connectivity index (χ4n) is 3.34. The molecule has 1 aliphatic carbocycles. The van der Waals surface area contributed by atoms with Crippen molar-refractivity contribution in [2.45, 2.75) is 38.1 Å². The van der Waals surface area contributed by atoms with Crippen LogP contribution >= 0.6 is 0 Å². The summed E-state index contributed by atoms with van der Waals surface area (Å²) in [5, 5.41) is 5.62. The number of carbonyl (C=O) groups is 2. The Hall–Kier alpha value is -2.73. The lowest BCUT2D eigenvalue weighted by Crippen LogP contribution is -2.51. The first-order chi connectivity index (χ1) is 12.5. The molecule has 0 bridgehead atoms. The number of nitrogens with one attached hydrogen (secondary N) is 2. The fourth-order valence-corrected chi connectivity index (χ4v) is 3.34. The summed E-state index contributed by atoms with van der Waals surface area (Å²) in [6.07, 6.45) is 5.28. The van der Waals surface area contributed by atoms with Crippen LogP contribution in [-0.4, -0.2) is 22.3 Å². The molecule has 1 fully saturated rings. The van der Waals surface area contributed by atoms with Gasteiger partial charge in [0.25, 0.3) is 5.91 Å². The quantitative estimate of drug-likeness (QED) is 0.787. The van der Waals surface area contributed by atoms with Crippen LogP contribution in [0.25, 0.3) is 0 Å². The second kappa shape index (κ2) is 7.66. The molecular weight excluding hydrogens is 328 g/mol. The molecule has 2 aromatic rings. The van der Waals surface area contributed by atoms with E-state index in [4.69, 9.17) is 5.73 Å². The molecule has 3 rings (SSSR count). The van der Waals surface area contributed by atoms with Gasteiger partial charge in [-0.2, -0.15) is 0 Å². The summed E-state index contributed by atoms with van der Waals surface area (Å²) in [7, 11) is 0. The minimum atomic E-state index is -0.473. The number of aromatic nitrogens is 1. The standard InChI is InChI=1S/C20H24N4O2/c1-20(21)12-6-5-9-16(20)19(26)23-15-10-11-17(22-13-15)24-18(25)14-7-3-2-4-8-14/h2-4,7-8,10-11,13,16H,5-6,9,12,21H2,1H3,(H,23,26)(H,22,24,25). The summed E-state index contributed by atoms with van der Waals surface area (Å²) >= 11 is 0. The molecule has 6 nitrogen and oxygen atoms in total. The van der Waals surface area contributed by atoms with Crippen molar-refractivity contribution in [3.63, 3.8) is 0 Å². The second-order valence-electron chi connectivity index (χ2n) is 7.05. The first kappa shape index (κ1) is 18.1. The maximum absolute atomic E-state index is 12.5. The minimum Gasteiger partial charge on any atom is -0.325 e. The summed E-state index contributed by atoms with van der Waals surface area (Å²) in [5.41, 5.74) is 6.97. The van der Waals surface area contributed by atoms with Gasteiger partial charge in [-0.1, -0.05) is 31.0 Å². The largest absolute Gasteiger partial charge is 0.325 e. The first-order valence-electron chi connectivity index (χ1n) is 8.88. The Labute approximate surface area is 153 Å². The monoisotopic (exact) mass is 352 g/mol. The van der Waals surface area contributed by atoms with Gasteiger partial charge in [0.2, 0.25) is 5.91 Å². The van der Waals surface area contributed by atoms with Crippen LogP contribution in [0.5, 0.6) is 0 Å². The molecule has 2 unspecified atom stereocenters. The molecule has 0 aliphatic heterocycles. The predicted molar refractivity (Wildman–Crippen MR) is 102 cm³/mol. The topological polar surface area (TPSA) is 97.1 Å². The third-order valence-electron chi connectivity index (χ3n) is 4.88. The molecule has 0 saturated heterocycles. The number of hydrogen-bond donors (Lipinski definition) is 3. The predicted octanol–water partition coefficient (Wildman–Crippen LogP) is 3.18. The van der Waals surface area contributed by atoms with Crippen LogP contribution in [0.3, 0.4) is 0 Å². The van der Waals surface area contributed by atoms with Gasteiger partial charge in [0.15, 0.2) is 0 Å². The summed E-state index contributed by atoms with van der Waals surface area (Å²) in [6.45, 7) is 1.94. The van der Waals surface area contributed by atoms with E-state index in [1.807, 2.05) is 13.0 Å². The molecule has 1 aromatic carbocycles. The number of carbonyl (C=O) groups excluding carboxylic acids is 2. The normalized spacial score (nSPS) is 22.5. The zero-order chi connectivity index (χ0) is 18.6. The zero-order valence-corrected chi connectivity index (χ0v) is 14.9. The lowest BCUT2D eigenvalue weighted by molar-refractivity contribution is -0.122. The Morgan fingerprint density at radius 2 is 1.88 bits per heavy atom. The van der Waals surface area contributed by atoms with Crippen LogP contribution in [0.15, 0.2) is 48.7 Å². The highest BCUT2D eigenvalue weighted by Gasteiger charge is 2.37. The van der Waals surface area contributed by atoms with E-state index in [9.17, 15) is 9.59 Å². The molecular formula is C20H24N4O2. The maximum Gasteiger partial charge on any atom is 0.256 e. The van der Waals surface area contributed by atoms with Crippen LogP contribution in [-0.2, 0) is 4.79 Å². The number of rotatable bonds is 4. The van der Waals surface area contributed by atoms with Gasteiger partial charge in [-0.05, 0) is 44.0 Å². The van der Waals surface area contributed by atoms with Gasteiger partial charge in [0, 0.05) is 11.1 Å². The van der Waals surface area contributed by atoms with Crippen LogP contribution < -0.4 is 16.4 Å². The molecule has 0 spiro atoms. The van der Waals surface area contributed by atoms with Crippen molar-refractivity contribution in [2.75, 3.05) is 10.6 Å². The van der Waals surface area contributed by atoms with Crippen molar-refractivity contribution in [3.05, 3.63) is 54.2 Å². The van der Waals surface area contributed by atoms with Crippen molar-refractivity contribution in [2.24, 2.45) is 11.7 Å². The molecule has 0 radical (unpaired) electrons. The summed E-state index contributed by atoms with van der Waals surface area (Å²) < 4.78 is 0. The van der Waals surface area contributed by atoms with E-state index in [1.54, 1.807) is 36.4 Å². The fraction of sp³-hybridized carbons (Fsp3) is 0.350. The average molecular weight is 352 g/mol. The molecule has 6 heteroatoms. The van der Waals surface area contributed by atoms with Gasteiger partial charge in [-0.3, -0.25) is 9.59 Å². The van der Waals surface area contributed by atoms with Crippen LogP contribution in [0.4, 0.5) is 11.5 Å². The third kappa shape index (κ3) is 4.26. The highest BCUT2D eigenvalue weighted by atomic mass is 16.2. The Morgan fingerprint density at radius 3 is 2.54 bits per heavy atom. The van der Waals surface area contributed by atoms with E-state index >= 15 is 0 Å². The van der Waals surface area contributed by atoms with Crippen molar-refractivity contribution in [3.8, 4) is 0 Å². The van der Waals surface area contributed by atoms with Crippen LogP contribution in [0, 0.1) is 5.92 Å². The zero-order valence-electron chi connectivity index (χ0n) is 14.9. The summed E-state index contributed by atoms with van der Waals surface area (Å²) in [5.74, 6) is -0.0690. The van der Waals surface area contributed by atoms with Crippen molar-refractivity contribution >= 4 is 23.3 Å². The smallest absolute Gasteiger partial charge is 0.256 e. The lowest BCUT2D eigenvalue weighted by Gasteiger charge is -2.37. The summed E-state index contributed by atoms with van der Waals surface area (Å²) in [6, 6.07) is 12.3. The summed E-state index contributed by atoms with van der Waals surface area (Å²) in [4.78, 5) is 28.9. The van der Waals surface area contributed by atoms with Gasteiger partial charge in [-0.25, -0.2) is 4.98 Å². The van der Waals surface area contributed by atoms with Crippen molar-refractivity contribution < 1.29 is 9.59 Å². The van der Waals surface area contributed by atoms with E-state index in [2.05, 4.69) is 15.6 Å². The van der Waals surface area contributed by atoms with E-state index < -0.39 is 5.54 Å². The average Bonchev–Trinajstić information content (AvgIpc) is 2.63. The molecule has 4 N–H and O–H groups in total. The van der Waals surface area contributed by atoms with Gasteiger partial charge >= 0.3 is 0 Å². The second-order valence-corrected chi connectivity index (χ2v) is 7.05. The van der Waals surface area contributed by atoms with Crippen molar-refractivity contribution in [1.82, 2.24) is 4.98 Å². The van der Waals surface area contributed by atoms with E-state index in [-0.39, 0.29) is 17.7 Å². The Morgan fingerprint density at radius 1 is 1.12 bits per heavy atom. The molecule has 1 aromatic heterocycles. The Kier molecular flexibility index (Phi) is 5.32. The lowest BCUT2D eigenvalue weighted by atomic mass is 9.74. The molecule has 1 aliphatic rings. The first-order valence-corrected chi connectivity index (χ1v) is 8.88. The van der Waals surface area contributed by atoms with Gasteiger partial charge in [0.05, 0.1) is 17.8 Å². The van der Waals surface area contributed by atoms with Crippen LogP contribution in [0.2, 0.25) is 0 Å².